The zero-order chi connectivity index (χ0) is 15.5. The van der Waals surface area contributed by atoms with Crippen LogP contribution in [0.25, 0.3) is 0 Å². The van der Waals surface area contributed by atoms with E-state index in [1.165, 1.54) is 11.1 Å². The Morgan fingerprint density at radius 3 is 2.23 bits per heavy atom. The summed E-state index contributed by atoms with van der Waals surface area (Å²) in [6.45, 7) is 4.90. The zero-order valence-corrected chi connectivity index (χ0v) is 13.3. The lowest BCUT2D eigenvalue weighted by Crippen LogP contribution is -2.37. The standard InChI is InChI=1S/C20H23NO/c1-15(2)21(14-16-9-5-3-6-10-16)20(22)19-13-18(19)17-11-7-4-8-12-17/h3-12,15,18-19H,13-14H2,1-2H3. The third-order valence-electron chi connectivity index (χ3n) is 4.44. The van der Waals surface area contributed by atoms with E-state index in [-0.39, 0.29) is 12.0 Å². The Morgan fingerprint density at radius 1 is 1.05 bits per heavy atom. The van der Waals surface area contributed by atoms with Crippen LogP contribution in [-0.4, -0.2) is 16.8 Å². The summed E-state index contributed by atoms with van der Waals surface area (Å²) in [5.41, 5.74) is 2.49. The minimum absolute atomic E-state index is 0.161. The largest absolute Gasteiger partial charge is 0.336 e. The van der Waals surface area contributed by atoms with Crippen LogP contribution in [0.1, 0.15) is 37.3 Å². The lowest BCUT2D eigenvalue weighted by molar-refractivity contribution is -0.135. The molecule has 0 radical (unpaired) electrons. The topological polar surface area (TPSA) is 20.3 Å². The van der Waals surface area contributed by atoms with Crippen molar-refractivity contribution in [3.63, 3.8) is 0 Å². The molecule has 22 heavy (non-hydrogen) atoms. The number of benzene rings is 2. The van der Waals surface area contributed by atoms with Gasteiger partial charge in [0.2, 0.25) is 5.91 Å². The van der Waals surface area contributed by atoms with Gasteiger partial charge in [0.25, 0.3) is 0 Å². The highest BCUT2D eigenvalue weighted by molar-refractivity contribution is 5.83. The SMILES string of the molecule is CC(C)N(Cc1ccccc1)C(=O)C1CC1c1ccccc1. The van der Waals surface area contributed by atoms with Crippen molar-refractivity contribution in [2.24, 2.45) is 5.92 Å². The molecular weight excluding hydrogens is 270 g/mol. The molecule has 0 saturated heterocycles. The molecule has 114 valence electrons. The van der Waals surface area contributed by atoms with Crippen LogP contribution in [0, 0.1) is 5.92 Å². The number of carbonyl (C=O) groups excluding carboxylic acids is 1. The second kappa shape index (κ2) is 6.35. The van der Waals surface area contributed by atoms with Crippen molar-refractivity contribution < 1.29 is 4.79 Å². The summed E-state index contributed by atoms with van der Waals surface area (Å²) in [4.78, 5) is 14.9. The number of hydrogen-bond acceptors (Lipinski definition) is 1. The van der Waals surface area contributed by atoms with Crippen LogP contribution in [0.15, 0.2) is 60.7 Å². The summed E-state index contributed by atoms with van der Waals surface area (Å²) in [7, 11) is 0. The number of carbonyl (C=O) groups is 1. The molecule has 1 amide bonds. The summed E-state index contributed by atoms with van der Waals surface area (Å²) in [6, 6.07) is 20.9. The van der Waals surface area contributed by atoms with E-state index in [2.05, 4.69) is 50.2 Å². The molecule has 0 bridgehead atoms. The second-order valence-electron chi connectivity index (χ2n) is 6.40. The summed E-state index contributed by atoms with van der Waals surface area (Å²) in [5, 5.41) is 0. The van der Waals surface area contributed by atoms with Crippen molar-refractivity contribution in [2.45, 2.75) is 38.8 Å². The highest BCUT2D eigenvalue weighted by atomic mass is 16.2. The van der Waals surface area contributed by atoms with Crippen molar-refractivity contribution in [3.05, 3.63) is 71.8 Å². The smallest absolute Gasteiger partial charge is 0.226 e. The van der Waals surface area contributed by atoms with Gasteiger partial charge in [0, 0.05) is 18.5 Å². The van der Waals surface area contributed by atoms with E-state index >= 15 is 0 Å². The van der Waals surface area contributed by atoms with Gasteiger partial charge in [-0.2, -0.15) is 0 Å². The maximum Gasteiger partial charge on any atom is 0.226 e. The molecule has 2 aromatic rings. The summed E-state index contributed by atoms with van der Waals surface area (Å²) < 4.78 is 0. The van der Waals surface area contributed by atoms with Gasteiger partial charge < -0.3 is 4.90 Å². The van der Waals surface area contributed by atoms with E-state index in [0.717, 1.165) is 6.42 Å². The number of rotatable bonds is 5. The van der Waals surface area contributed by atoms with E-state index in [0.29, 0.717) is 18.4 Å². The van der Waals surface area contributed by atoms with Gasteiger partial charge in [-0.15, -0.1) is 0 Å². The molecule has 3 rings (SSSR count). The molecule has 2 nitrogen and oxygen atoms in total. The average Bonchev–Trinajstić information content (AvgIpc) is 3.34. The second-order valence-corrected chi connectivity index (χ2v) is 6.40. The van der Waals surface area contributed by atoms with Crippen molar-refractivity contribution >= 4 is 5.91 Å². The first-order valence-corrected chi connectivity index (χ1v) is 8.06. The first-order chi connectivity index (χ1) is 10.7. The van der Waals surface area contributed by atoms with Gasteiger partial charge in [0.05, 0.1) is 0 Å². The van der Waals surface area contributed by atoms with Gasteiger partial charge in [-0.3, -0.25) is 4.79 Å². The molecule has 0 aliphatic heterocycles. The van der Waals surface area contributed by atoms with Crippen LogP contribution in [0.3, 0.4) is 0 Å². The van der Waals surface area contributed by atoms with E-state index < -0.39 is 0 Å². The Balaban J connectivity index is 1.69. The molecule has 1 fully saturated rings. The molecule has 1 saturated carbocycles. The van der Waals surface area contributed by atoms with E-state index in [9.17, 15) is 4.79 Å². The van der Waals surface area contributed by atoms with Gasteiger partial charge in [-0.25, -0.2) is 0 Å². The molecule has 0 spiro atoms. The fourth-order valence-electron chi connectivity index (χ4n) is 3.04. The molecule has 2 unspecified atom stereocenters. The van der Waals surface area contributed by atoms with Gasteiger partial charge in [-0.1, -0.05) is 60.7 Å². The minimum atomic E-state index is 0.161. The highest BCUT2D eigenvalue weighted by Gasteiger charge is 2.45. The fraction of sp³-hybridized carbons (Fsp3) is 0.350. The Labute approximate surface area is 132 Å². The number of hydrogen-bond donors (Lipinski definition) is 0. The Bertz CT molecular complexity index is 621. The van der Waals surface area contributed by atoms with Gasteiger partial charge in [0.1, 0.15) is 0 Å². The van der Waals surface area contributed by atoms with Crippen LogP contribution in [0.5, 0.6) is 0 Å². The normalized spacial score (nSPS) is 20.0. The average molecular weight is 293 g/mol. The van der Waals surface area contributed by atoms with E-state index in [1.54, 1.807) is 0 Å². The lowest BCUT2D eigenvalue weighted by atomic mass is 10.1. The Morgan fingerprint density at radius 2 is 1.64 bits per heavy atom. The fourth-order valence-corrected chi connectivity index (χ4v) is 3.04. The molecular formula is C20H23NO. The van der Waals surface area contributed by atoms with Crippen molar-refractivity contribution in [1.29, 1.82) is 0 Å². The Hall–Kier alpha value is -2.09. The lowest BCUT2D eigenvalue weighted by Gasteiger charge is -2.27. The third kappa shape index (κ3) is 3.22. The van der Waals surface area contributed by atoms with Crippen molar-refractivity contribution in [2.75, 3.05) is 0 Å². The molecule has 2 aromatic carbocycles. The molecule has 1 aliphatic rings. The van der Waals surface area contributed by atoms with Crippen LogP contribution >= 0.6 is 0 Å². The zero-order valence-electron chi connectivity index (χ0n) is 13.3. The summed E-state index contributed by atoms with van der Waals surface area (Å²) >= 11 is 0. The monoisotopic (exact) mass is 293 g/mol. The van der Waals surface area contributed by atoms with Crippen LogP contribution in [0.2, 0.25) is 0 Å². The quantitative estimate of drug-likeness (QED) is 0.808. The molecule has 0 aromatic heterocycles. The van der Waals surface area contributed by atoms with Gasteiger partial charge in [-0.05, 0) is 37.3 Å². The van der Waals surface area contributed by atoms with Crippen LogP contribution in [-0.2, 0) is 11.3 Å². The number of nitrogens with zero attached hydrogens (tertiary/aromatic N) is 1. The van der Waals surface area contributed by atoms with E-state index in [1.807, 2.05) is 29.2 Å². The molecule has 2 atom stereocenters. The summed E-state index contributed by atoms with van der Waals surface area (Å²) in [6.07, 6.45) is 0.987. The molecule has 0 heterocycles. The van der Waals surface area contributed by atoms with Crippen LogP contribution < -0.4 is 0 Å². The molecule has 1 aliphatic carbocycles. The Kier molecular flexibility index (Phi) is 4.28. The van der Waals surface area contributed by atoms with Gasteiger partial charge >= 0.3 is 0 Å². The molecule has 0 N–H and O–H groups in total. The highest BCUT2D eigenvalue weighted by Crippen LogP contribution is 2.48. The summed E-state index contributed by atoms with van der Waals surface area (Å²) in [5.74, 6) is 0.868. The van der Waals surface area contributed by atoms with Crippen molar-refractivity contribution in [3.8, 4) is 0 Å². The number of amides is 1. The van der Waals surface area contributed by atoms with E-state index in [4.69, 9.17) is 0 Å². The predicted octanol–water partition coefficient (Wildman–Crippen LogP) is 4.23. The van der Waals surface area contributed by atoms with Crippen molar-refractivity contribution in [1.82, 2.24) is 4.90 Å². The third-order valence-corrected chi connectivity index (χ3v) is 4.44. The maximum atomic E-state index is 12.9. The first-order valence-electron chi connectivity index (χ1n) is 8.06. The molecule has 2 heteroatoms. The van der Waals surface area contributed by atoms with Crippen LogP contribution in [0.4, 0.5) is 0 Å². The predicted molar refractivity (Wildman–Crippen MR) is 89.4 cm³/mol. The first kappa shape index (κ1) is 14.8. The van der Waals surface area contributed by atoms with Gasteiger partial charge in [0.15, 0.2) is 0 Å². The maximum absolute atomic E-state index is 12.9. The minimum Gasteiger partial charge on any atom is -0.336 e.